The first-order chi connectivity index (χ1) is 14.6. The normalized spacial score (nSPS) is 14.5. The third kappa shape index (κ3) is 7.99. The smallest absolute Gasteiger partial charge is 0.407 e. The monoisotopic (exact) mass is 435 g/mol. The van der Waals surface area contributed by atoms with Gasteiger partial charge in [-0.1, -0.05) is 0 Å². The van der Waals surface area contributed by atoms with Crippen LogP contribution >= 0.6 is 0 Å². The van der Waals surface area contributed by atoms with E-state index in [1.165, 1.54) is 0 Å². The molecule has 2 rings (SSSR count). The van der Waals surface area contributed by atoms with Crippen LogP contribution in [0.3, 0.4) is 0 Å². The summed E-state index contributed by atoms with van der Waals surface area (Å²) in [5.74, 6) is 0.886. The maximum Gasteiger partial charge on any atom is 0.407 e. The SMILES string of the molecule is COc1cc(OC)cc(C(=O)N2CCC(NC(=O)CCNC(=O)OC(C)(C)C)CC2)c1. The van der Waals surface area contributed by atoms with Crippen molar-refractivity contribution in [1.82, 2.24) is 15.5 Å². The Morgan fingerprint density at radius 1 is 1.03 bits per heavy atom. The van der Waals surface area contributed by atoms with Crippen molar-refractivity contribution >= 4 is 17.9 Å². The van der Waals surface area contributed by atoms with Crippen molar-refractivity contribution in [3.8, 4) is 11.5 Å². The number of hydrogen-bond donors (Lipinski definition) is 2. The van der Waals surface area contributed by atoms with Crippen LogP contribution in [0.2, 0.25) is 0 Å². The number of ether oxygens (including phenoxy) is 3. The second-order valence-electron chi connectivity index (χ2n) is 8.41. The van der Waals surface area contributed by atoms with E-state index in [9.17, 15) is 14.4 Å². The van der Waals surface area contributed by atoms with E-state index in [0.717, 1.165) is 0 Å². The highest BCUT2D eigenvalue weighted by Crippen LogP contribution is 2.24. The van der Waals surface area contributed by atoms with Crippen LogP contribution in [-0.4, -0.2) is 68.3 Å². The van der Waals surface area contributed by atoms with Crippen LogP contribution < -0.4 is 20.1 Å². The van der Waals surface area contributed by atoms with E-state index in [1.807, 2.05) is 0 Å². The fraction of sp³-hybridized carbons (Fsp3) is 0.591. The van der Waals surface area contributed by atoms with Crippen LogP contribution in [-0.2, 0) is 9.53 Å². The van der Waals surface area contributed by atoms with Crippen molar-refractivity contribution < 1.29 is 28.6 Å². The molecule has 0 atom stereocenters. The lowest BCUT2D eigenvalue weighted by atomic mass is 10.0. The van der Waals surface area contributed by atoms with Gasteiger partial charge in [-0.3, -0.25) is 9.59 Å². The Morgan fingerprint density at radius 2 is 1.61 bits per heavy atom. The second kappa shape index (κ2) is 10.9. The van der Waals surface area contributed by atoms with E-state index >= 15 is 0 Å². The number of methoxy groups -OCH3 is 2. The number of nitrogens with one attached hydrogen (secondary N) is 2. The van der Waals surface area contributed by atoms with Crippen molar-refractivity contribution in [3.05, 3.63) is 23.8 Å². The predicted molar refractivity (Wildman–Crippen MR) is 115 cm³/mol. The molecule has 172 valence electrons. The fourth-order valence-corrected chi connectivity index (χ4v) is 3.23. The lowest BCUT2D eigenvalue weighted by Crippen LogP contribution is -2.47. The first-order valence-electron chi connectivity index (χ1n) is 10.4. The van der Waals surface area contributed by atoms with Crippen LogP contribution in [0.1, 0.15) is 50.4 Å². The van der Waals surface area contributed by atoms with E-state index in [2.05, 4.69) is 10.6 Å². The van der Waals surface area contributed by atoms with Crippen LogP contribution in [0.15, 0.2) is 18.2 Å². The average molecular weight is 436 g/mol. The molecule has 0 unspecified atom stereocenters. The van der Waals surface area contributed by atoms with Crippen LogP contribution in [0.5, 0.6) is 11.5 Å². The molecular formula is C22H33N3O6. The summed E-state index contributed by atoms with van der Waals surface area (Å²) in [4.78, 5) is 38.4. The number of piperidine rings is 1. The zero-order valence-corrected chi connectivity index (χ0v) is 18.9. The van der Waals surface area contributed by atoms with Gasteiger partial charge in [0, 0.05) is 43.7 Å². The molecule has 0 radical (unpaired) electrons. The second-order valence-corrected chi connectivity index (χ2v) is 8.41. The van der Waals surface area contributed by atoms with Gasteiger partial charge in [0.1, 0.15) is 17.1 Å². The molecule has 1 aliphatic rings. The standard InChI is InChI=1S/C22H33N3O6/c1-22(2,3)31-21(28)23-9-6-19(26)24-16-7-10-25(11-8-16)20(27)15-12-17(29-4)14-18(13-15)30-5/h12-14,16H,6-11H2,1-5H3,(H,23,28)(H,24,26). The van der Waals surface area contributed by atoms with Gasteiger partial charge in [0.15, 0.2) is 0 Å². The Morgan fingerprint density at radius 3 is 2.13 bits per heavy atom. The third-order valence-corrected chi connectivity index (χ3v) is 4.77. The third-order valence-electron chi connectivity index (χ3n) is 4.77. The van der Waals surface area contributed by atoms with Gasteiger partial charge < -0.3 is 29.7 Å². The molecule has 9 heteroatoms. The quantitative estimate of drug-likeness (QED) is 0.681. The Bertz CT molecular complexity index is 760. The van der Waals surface area contributed by atoms with Gasteiger partial charge in [0.2, 0.25) is 5.91 Å². The van der Waals surface area contributed by atoms with E-state index in [0.29, 0.717) is 43.0 Å². The number of likely N-dealkylation sites (tertiary alicyclic amines) is 1. The van der Waals surface area contributed by atoms with Crippen molar-refractivity contribution in [2.24, 2.45) is 0 Å². The Hall–Kier alpha value is -2.97. The van der Waals surface area contributed by atoms with Crippen LogP contribution in [0.4, 0.5) is 4.79 Å². The lowest BCUT2D eigenvalue weighted by Gasteiger charge is -2.32. The summed E-state index contributed by atoms with van der Waals surface area (Å²) in [7, 11) is 3.08. The summed E-state index contributed by atoms with van der Waals surface area (Å²) < 4.78 is 15.6. The highest BCUT2D eigenvalue weighted by atomic mass is 16.6. The highest BCUT2D eigenvalue weighted by molar-refractivity contribution is 5.95. The van der Waals surface area contributed by atoms with Crippen molar-refractivity contribution in [2.75, 3.05) is 33.9 Å². The molecule has 1 fully saturated rings. The molecule has 0 aromatic heterocycles. The summed E-state index contributed by atoms with van der Waals surface area (Å²) in [5.41, 5.74) is -0.0692. The first kappa shape index (κ1) is 24.3. The van der Waals surface area contributed by atoms with Gasteiger partial charge in [-0.2, -0.15) is 0 Å². The average Bonchev–Trinajstić information content (AvgIpc) is 2.72. The fourth-order valence-electron chi connectivity index (χ4n) is 3.23. The van der Waals surface area contributed by atoms with Gasteiger partial charge in [0.25, 0.3) is 5.91 Å². The maximum atomic E-state index is 12.8. The number of benzene rings is 1. The highest BCUT2D eigenvalue weighted by Gasteiger charge is 2.25. The van der Waals surface area contributed by atoms with E-state index in [1.54, 1.807) is 58.1 Å². The Kier molecular flexibility index (Phi) is 8.53. The summed E-state index contributed by atoms with van der Waals surface area (Å²) >= 11 is 0. The number of hydrogen-bond acceptors (Lipinski definition) is 6. The summed E-state index contributed by atoms with van der Waals surface area (Å²) in [6.07, 6.45) is 0.958. The van der Waals surface area contributed by atoms with Gasteiger partial charge in [-0.15, -0.1) is 0 Å². The number of alkyl carbamates (subject to hydrolysis) is 1. The molecule has 1 aliphatic heterocycles. The van der Waals surface area contributed by atoms with Gasteiger partial charge in [-0.25, -0.2) is 4.79 Å². The molecule has 1 aromatic rings. The molecule has 0 bridgehead atoms. The molecule has 1 saturated heterocycles. The van der Waals surface area contributed by atoms with E-state index < -0.39 is 11.7 Å². The first-order valence-corrected chi connectivity index (χ1v) is 10.4. The largest absolute Gasteiger partial charge is 0.497 e. The van der Waals surface area contributed by atoms with Crippen molar-refractivity contribution in [1.29, 1.82) is 0 Å². The van der Waals surface area contributed by atoms with Crippen LogP contribution in [0, 0.1) is 0 Å². The lowest BCUT2D eigenvalue weighted by molar-refractivity contribution is -0.121. The number of nitrogens with zero attached hydrogens (tertiary/aromatic N) is 1. The molecule has 0 aliphatic carbocycles. The van der Waals surface area contributed by atoms with E-state index in [-0.39, 0.29) is 30.8 Å². The summed E-state index contributed by atoms with van der Waals surface area (Å²) in [6, 6.07) is 5.10. The predicted octanol–water partition coefficient (Wildman–Crippen LogP) is 2.34. The number of carbonyl (C=O) groups excluding carboxylic acids is 3. The zero-order valence-electron chi connectivity index (χ0n) is 18.9. The van der Waals surface area contributed by atoms with Crippen molar-refractivity contribution in [3.63, 3.8) is 0 Å². The van der Waals surface area contributed by atoms with Gasteiger partial charge in [-0.05, 0) is 45.7 Å². The summed E-state index contributed by atoms with van der Waals surface area (Å²) in [6.45, 7) is 6.62. The minimum Gasteiger partial charge on any atom is -0.497 e. The maximum absolute atomic E-state index is 12.8. The zero-order chi connectivity index (χ0) is 23.0. The Labute approximate surface area is 183 Å². The van der Waals surface area contributed by atoms with Gasteiger partial charge >= 0.3 is 6.09 Å². The molecule has 1 aromatic carbocycles. The molecular weight excluding hydrogens is 402 g/mol. The number of amides is 3. The molecule has 1 heterocycles. The summed E-state index contributed by atoms with van der Waals surface area (Å²) in [5, 5.41) is 5.54. The number of carbonyl (C=O) groups is 3. The minimum atomic E-state index is -0.576. The Balaban J connectivity index is 1.76. The van der Waals surface area contributed by atoms with Gasteiger partial charge in [0.05, 0.1) is 14.2 Å². The molecule has 9 nitrogen and oxygen atoms in total. The molecule has 2 N–H and O–H groups in total. The van der Waals surface area contributed by atoms with Crippen LogP contribution in [0.25, 0.3) is 0 Å². The molecule has 3 amide bonds. The molecule has 0 spiro atoms. The molecule has 0 saturated carbocycles. The van der Waals surface area contributed by atoms with E-state index in [4.69, 9.17) is 14.2 Å². The minimum absolute atomic E-state index is 0.00192. The topological polar surface area (TPSA) is 106 Å². The molecule has 31 heavy (non-hydrogen) atoms. The number of rotatable bonds is 7. The van der Waals surface area contributed by atoms with Crippen molar-refractivity contribution in [2.45, 2.75) is 51.7 Å².